The summed E-state index contributed by atoms with van der Waals surface area (Å²) in [7, 11) is 0. The van der Waals surface area contributed by atoms with Gasteiger partial charge in [-0.1, -0.05) is 36.4 Å². The van der Waals surface area contributed by atoms with Crippen molar-refractivity contribution in [2.45, 2.75) is 38.3 Å². The highest BCUT2D eigenvalue weighted by atomic mass is 16.2. The zero-order chi connectivity index (χ0) is 21.8. The van der Waals surface area contributed by atoms with Gasteiger partial charge in [-0.15, -0.1) is 10.2 Å². The van der Waals surface area contributed by atoms with Gasteiger partial charge in [0.1, 0.15) is 6.04 Å². The quantitative estimate of drug-likeness (QED) is 0.541. The molecule has 31 heavy (non-hydrogen) atoms. The summed E-state index contributed by atoms with van der Waals surface area (Å²) in [6, 6.07) is 13.8. The fourth-order valence-corrected chi connectivity index (χ4v) is 3.68. The molecule has 0 radical (unpaired) electrons. The summed E-state index contributed by atoms with van der Waals surface area (Å²) in [6.45, 7) is 2.14. The van der Waals surface area contributed by atoms with E-state index in [0.29, 0.717) is 24.4 Å². The molecule has 0 spiro atoms. The smallest absolute Gasteiger partial charge is 0.324 e. The third-order valence-electron chi connectivity index (χ3n) is 5.34. The highest BCUT2D eigenvalue weighted by Crippen LogP contribution is 2.15. The van der Waals surface area contributed by atoms with Crippen LogP contribution in [0.3, 0.4) is 0 Å². The molecule has 2 aromatic heterocycles. The number of imide groups is 1. The van der Waals surface area contributed by atoms with E-state index < -0.39 is 12.1 Å². The average Bonchev–Trinajstić information content (AvgIpc) is 3.32. The molecule has 1 aromatic carbocycles. The first-order valence-corrected chi connectivity index (χ1v) is 10.3. The van der Waals surface area contributed by atoms with Gasteiger partial charge in [0.05, 0.1) is 6.04 Å². The second-order valence-electron chi connectivity index (χ2n) is 7.54. The standard InChI is InChI=1S/C22H24N6O3/c1-15(20-26-25-18-9-5-6-13-27(18)20)23-19(29)11-10-17-21(30)28(22(31)24-17)14-12-16-7-3-2-4-8-16/h2-9,13,15,17H,10-12,14H2,1H3,(H,23,29)(H,24,31)/t15-,17-/m0/s1. The van der Waals surface area contributed by atoms with Crippen molar-refractivity contribution in [1.29, 1.82) is 0 Å². The number of carbonyl (C=O) groups is 3. The van der Waals surface area contributed by atoms with E-state index in [4.69, 9.17) is 0 Å². The Kier molecular flexibility index (Phi) is 5.92. The van der Waals surface area contributed by atoms with Crippen LogP contribution < -0.4 is 10.6 Å². The molecule has 0 aliphatic carbocycles. The van der Waals surface area contributed by atoms with Crippen molar-refractivity contribution < 1.29 is 14.4 Å². The van der Waals surface area contributed by atoms with Crippen molar-refractivity contribution in [3.05, 3.63) is 66.1 Å². The van der Waals surface area contributed by atoms with Crippen LogP contribution in [0.15, 0.2) is 54.7 Å². The monoisotopic (exact) mass is 420 g/mol. The van der Waals surface area contributed by atoms with Gasteiger partial charge in [0, 0.05) is 19.2 Å². The van der Waals surface area contributed by atoms with E-state index in [1.165, 1.54) is 4.90 Å². The number of carbonyl (C=O) groups excluding carboxylic acids is 3. The number of hydrogen-bond acceptors (Lipinski definition) is 5. The number of nitrogens with one attached hydrogen (secondary N) is 2. The Balaban J connectivity index is 1.28. The molecule has 2 N–H and O–H groups in total. The van der Waals surface area contributed by atoms with Crippen LogP contribution in [0.4, 0.5) is 4.79 Å². The fourth-order valence-electron chi connectivity index (χ4n) is 3.68. The van der Waals surface area contributed by atoms with Crippen LogP contribution in [0.1, 0.15) is 37.2 Å². The van der Waals surface area contributed by atoms with Gasteiger partial charge in [-0.05, 0) is 37.5 Å². The predicted molar refractivity (Wildman–Crippen MR) is 113 cm³/mol. The molecule has 0 saturated carbocycles. The van der Waals surface area contributed by atoms with Gasteiger partial charge in [-0.25, -0.2) is 4.79 Å². The molecule has 4 amide bonds. The normalized spacial score (nSPS) is 17.1. The Hall–Kier alpha value is -3.75. The highest BCUT2D eigenvalue weighted by Gasteiger charge is 2.37. The van der Waals surface area contributed by atoms with Crippen LogP contribution in [0, 0.1) is 0 Å². The molecule has 4 rings (SSSR count). The van der Waals surface area contributed by atoms with Crippen LogP contribution in [0.2, 0.25) is 0 Å². The Bertz CT molecular complexity index is 1100. The maximum absolute atomic E-state index is 12.6. The summed E-state index contributed by atoms with van der Waals surface area (Å²) in [6.07, 6.45) is 2.79. The molecule has 3 heterocycles. The summed E-state index contributed by atoms with van der Waals surface area (Å²) in [4.78, 5) is 38.4. The number of fused-ring (bicyclic) bond motifs is 1. The number of pyridine rings is 1. The van der Waals surface area contributed by atoms with E-state index in [1.807, 2.05) is 66.1 Å². The van der Waals surface area contributed by atoms with Crippen molar-refractivity contribution in [2.75, 3.05) is 6.54 Å². The van der Waals surface area contributed by atoms with Crippen LogP contribution in [0.25, 0.3) is 5.65 Å². The molecule has 1 aliphatic rings. The second kappa shape index (κ2) is 8.95. The number of amides is 4. The zero-order valence-electron chi connectivity index (χ0n) is 17.2. The lowest BCUT2D eigenvalue weighted by Gasteiger charge is -2.14. The molecule has 1 fully saturated rings. The minimum atomic E-state index is -0.682. The lowest BCUT2D eigenvalue weighted by Crippen LogP contribution is -2.34. The van der Waals surface area contributed by atoms with Gasteiger partial charge in [0.25, 0.3) is 5.91 Å². The van der Waals surface area contributed by atoms with Crippen molar-refractivity contribution in [3.8, 4) is 0 Å². The van der Waals surface area contributed by atoms with Crippen molar-refractivity contribution in [3.63, 3.8) is 0 Å². The molecule has 9 nitrogen and oxygen atoms in total. The Morgan fingerprint density at radius 1 is 1.13 bits per heavy atom. The van der Waals surface area contributed by atoms with Gasteiger partial charge in [-0.2, -0.15) is 0 Å². The first-order valence-electron chi connectivity index (χ1n) is 10.3. The van der Waals surface area contributed by atoms with Gasteiger partial charge < -0.3 is 10.6 Å². The minimum absolute atomic E-state index is 0.115. The van der Waals surface area contributed by atoms with E-state index in [1.54, 1.807) is 0 Å². The molecular weight excluding hydrogens is 396 g/mol. The van der Waals surface area contributed by atoms with E-state index in [2.05, 4.69) is 20.8 Å². The molecule has 160 valence electrons. The number of aromatic nitrogens is 3. The van der Waals surface area contributed by atoms with Crippen LogP contribution in [-0.4, -0.2) is 49.9 Å². The molecule has 0 unspecified atom stereocenters. The number of rotatable bonds is 8. The van der Waals surface area contributed by atoms with E-state index in [9.17, 15) is 14.4 Å². The molecule has 1 saturated heterocycles. The molecular formula is C22H24N6O3. The molecule has 9 heteroatoms. The summed E-state index contributed by atoms with van der Waals surface area (Å²) in [5.74, 6) is 0.122. The fraction of sp³-hybridized carbons (Fsp3) is 0.318. The van der Waals surface area contributed by atoms with Crippen LogP contribution in [0.5, 0.6) is 0 Å². The Labute approximate surface area is 179 Å². The van der Waals surface area contributed by atoms with Gasteiger partial charge in [0.15, 0.2) is 11.5 Å². The van der Waals surface area contributed by atoms with Crippen molar-refractivity contribution in [2.24, 2.45) is 0 Å². The maximum atomic E-state index is 12.6. The number of hydrogen-bond donors (Lipinski definition) is 2. The molecule has 0 bridgehead atoms. The summed E-state index contributed by atoms with van der Waals surface area (Å²) in [5, 5.41) is 13.8. The van der Waals surface area contributed by atoms with Crippen LogP contribution in [-0.2, 0) is 16.0 Å². The average molecular weight is 420 g/mol. The maximum Gasteiger partial charge on any atom is 0.324 e. The predicted octanol–water partition coefficient (Wildman–Crippen LogP) is 1.85. The Morgan fingerprint density at radius 2 is 1.90 bits per heavy atom. The van der Waals surface area contributed by atoms with E-state index >= 15 is 0 Å². The minimum Gasteiger partial charge on any atom is -0.346 e. The van der Waals surface area contributed by atoms with E-state index in [0.717, 1.165) is 5.56 Å². The van der Waals surface area contributed by atoms with Gasteiger partial charge >= 0.3 is 6.03 Å². The lowest BCUT2D eigenvalue weighted by molar-refractivity contribution is -0.127. The van der Waals surface area contributed by atoms with Gasteiger partial charge in [-0.3, -0.25) is 18.9 Å². The van der Waals surface area contributed by atoms with Gasteiger partial charge in [0.2, 0.25) is 5.91 Å². The Morgan fingerprint density at radius 3 is 2.71 bits per heavy atom. The topological polar surface area (TPSA) is 109 Å². The zero-order valence-corrected chi connectivity index (χ0v) is 17.2. The number of benzene rings is 1. The SMILES string of the molecule is C[C@H](NC(=O)CC[C@@H]1NC(=O)N(CCc2ccccc2)C1=O)c1nnc2ccccn12. The first-order chi connectivity index (χ1) is 15.0. The van der Waals surface area contributed by atoms with Crippen molar-refractivity contribution >= 4 is 23.5 Å². The molecule has 1 aliphatic heterocycles. The largest absolute Gasteiger partial charge is 0.346 e. The summed E-state index contributed by atoms with van der Waals surface area (Å²) >= 11 is 0. The molecule has 3 aromatic rings. The lowest BCUT2D eigenvalue weighted by atomic mass is 10.1. The highest BCUT2D eigenvalue weighted by molar-refractivity contribution is 6.04. The third-order valence-corrected chi connectivity index (χ3v) is 5.34. The second-order valence-corrected chi connectivity index (χ2v) is 7.54. The van der Waals surface area contributed by atoms with E-state index in [-0.39, 0.29) is 30.7 Å². The summed E-state index contributed by atoms with van der Waals surface area (Å²) in [5.41, 5.74) is 1.76. The summed E-state index contributed by atoms with van der Waals surface area (Å²) < 4.78 is 1.82. The van der Waals surface area contributed by atoms with Crippen molar-refractivity contribution in [1.82, 2.24) is 30.1 Å². The number of nitrogens with zero attached hydrogens (tertiary/aromatic N) is 4. The molecule has 2 atom stereocenters. The third kappa shape index (κ3) is 4.55. The van der Waals surface area contributed by atoms with Crippen LogP contribution >= 0.6 is 0 Å². The first kappa shape index (κ1) is 20.5. The number of urea groups is 1.